The molecule has 0 spiro atoms. The minimum atomic E-state index is -0.670. The van der Waals surface area contributed by atoms with Crippen LogP contribution in [-0.2, 0) is 17.8 Å². The number of ether oxygens (including phenoxy) is 2. The minimum absolute atomic E-state index is 0.0398. The van der Waals surface area contributed by atoms with Gasteiger partial charge in [0.25, 0.3) is 5.91 Å². The van der Waals surface area contributed by atoms with Crippen LogP contribution in [0.15, 0.2) is 66.7 Å². The molecule has 1 aliphatic heterocycles. The second-order valence-corrected chi connectivity index (χ2v) is 9.02. The van der Waals surface area contributed by atoms with Crippen molar-refractivity contribution in [2.45, 2.75) is 25.5 Å². The molecule has 0 saturated carbocycles. The van der Waals surface area contributed by atoms with Crippen LogP contribution in [0.3, 0.4) is 0 Å². The standard InChI is InChI=1S/C26H26Cl2N4O3/c27-19-13-18(14-20(28)15-19)16-32-22-3-1-2-4-23(22)35-24(25(32)33)10-12-34-21-7-5-17(6-8-21)9-11-31-26(29)30/h1-8,13-15,24H,9-12,16H2,(H4,29,30,31). The summed E-state index contributed by atoms with van der Waals surface area (Å²) in [5.41, 5.74) is 7.94. The molecule has 3 aromatic rings. The van der Waals surface area contributed by atoms with E-state index in [1.54, 1.807) is 23.1 Å². The predicted octanol–water partition coefficient (Wildman–Crippen LogP) is 4.78. The Morgan fingerprint density at radius 3 is 2.49 bits per heavy atom. The van der Waals surface area contributed by atoms with Gasteiger partial charge in [-0.1, -0.05) is 47.5 Å². The number of benzene rings is 3. The van der Waals surface area contributed by atoms with Gasteiger partial charge in [0.2, 0.25) is 0 Å². The first kappa shape index (κ1) is 24.7. The molecule has 7 nitrogen and oxygen atoms in total. The molecular formula is C26H26Cl2N4O3. The zero-order valence-corrected chi connectivity index (χ0v) is 20.5. The van der Waals surface area contributed by atoms with Gasteiger partial charge in [0.05, 0.1) is 18.8 Å². The fraction of sp³-hybridized carbons (Fsp3) is 0.231. The molecule has 0 fully saturated rings. The van der Waals surface area contributed by atoms with Crippen molar-refractivity contribution in [3.05, 3.63) is 87.9 Å². The van der Waals surface area contributed by atoms with Crippen LogP contribution in [0.1, 0.15) is 17.5 Å². The highest BCUT2D eigenvalue weighted by atomic mass is 35.5. The van der Waals surface area contributed by atoms with Gasteiger partial charge in [-0.05, 0) is 60.0 Å². The van der Waals surface area contributed by atoms with Crippen LogP contribution < -0.4 is 25.4 Å². The molecule has 1 amide bonds. The molecule has 1 heterocycles. The van der Waals surface area contributed by atoms with Crippen molar-refractivity contribution in [1.29, 1.82) is 5.41 Å². The first-order valence-corrected chi connectivity index (χ1v) is 12.0. The van der Waals surface area contributed by atoms with Gasteiger partial charge in [-0.15, -0.1) is 0 Å². The molecule has 0 aromatic heterocycles. The second-order valence-electron chi connectivity index (χ2n) is 8.15. The van der Waals surface area contributed by atoms with E-state index in [1.165, 1.54) is 0 Å². The Morgan fingerprint density at radius 2 is 1.77 bits per heavy atom. The van der Waals surface area contributed by atoms with Crippen molar-refractivity contribution >= 4 is 40.8 Å². The summed E-state index contributed by atoms with van der Waals surface area (Å²) in [5, 5.41) is 11.0. The minimum Gasteiger partial charge on any atom is -0.493 e. The fourth-order valence-corrected chi connectivity index (χ4v) is 4.46. The second kappa shape index (κ2) is 11.3. The highest BCUT2D eigenvalue weighted by Crippen LogP contribution is 2.36. The number of hydrogen-bond donors (Lipinski definition) is 3. The van der Waals surface area contributed by atoms with Gasteiger partial charge in [0.1, 0.15) is 11.5 Å². The average Bonchev–Trinajstić information content (AvgIpc) is 2.82. The lowest BCUT2D eigenvalue weighted by atomic mass is 10.1. The number of halogens is 2. The molecule has 0 bridgehead atoms. The van der Waals surface area contributed by atoms with Crippen LogP contribution in [0.4, 0.5) is 5.69 Å². The van der Waals surface area contributed by atoms with Crippen LogP contribution in [0.25, 0.3) is 0 Å². The summed E-state index contributed by atoms with van der Waals surface area (Å²) in [6.07, 6.45) is 0.471. The Morgan fingerprint density at radius 1 is 1.06 bits per heavy atom. The van der Waals surface area contributed by atoms with E-state index in [2.05, 4.69) is 5.32 Å². The molecule has 182 valence electrons. The predicted molar refractivity (Wildman–Crippen MR) is 139 cm³/mol. The monoisotopic (exact) mass is 512 g/mol. The smallest absolute Gasteiger partial charge is 0.268 e. The van der Waals surface area contributed by atoms with Crippen LogP contribution in [0.5, 0.6) is 11.5 Å². The molecule has 1 unspecified atom stereocenters. The highest BCUT2D eigenvalue weighted by Gasteiger charge is 2.34. The topological polar surface area (TPSA) is 101 Å². The number of hydrogen-bond acceptors (Lipinski definition) is 4. The maximum absolute atomic E-state index is 13.3. The zero-order valence-electron chi connectivity index (χ0n) is 19.0. The van der Waals surface area contributed by atoms with Crippen LogP contribution in [-0.4, -0.2) is 31.1 Å². The quantitative estimate of drug-likeness (QED) is 0.283. The van der Waals surface area contributed by atoms with E-state index in [0.717, 1.165) is 17.5 Å². The van der Waals surface area contributed by atoms with E-state index in [-0.39, 0.29) is 11.9 Å². The van der Waals surface area contributed by atoms with Crippen molar-refractivity contribution in [3.63, 3.8) is 0 Å². The first-order chi connectivity index (χ1) is 16.9. The number of anilines is 1. The fourth-order valence-electron chi connectivity index (χ4n) is 3.88. The number of fused-ring (bicyclic) bond motifs is 1. The number of nitrogens with zero attached hydrogens (tertiary/aromatic N) is 1. The van der Waals surface area contributed by atoms with E-state index in [4.69, 9.17) is 43.8 Å². The van der Waals surface area contributed by atoms with Gasteiger partial charge in [-0.3, -0.25) is 10.2 Å². The number of amides is 1. The van der Waals surface area contributed by atoms with E-state index in [0.29, 0.717) is 53.3 Å². The molecule has 0 saturated heterocycles. The Labute approximate surface area is 214 Å². The van der Waals surface area contributed by atoms with Crippen LogP contribution in [0.2, 0.25) is 10.0 Å². The summed E-state index contributed by atoms with van der Waals surface area (Å²) in [4.78, 5) is 15.1. The number of nitrogens with two attached hydrogens (primary N) is 1. The molecule has 0 radical (unpaired) electrons. The lowest BCUT2D eigenvalue weighted by molar-refractivity contribution is -0.127. The Hall–Kier alpha value is -3.42. The number of nitrogens with one attached hydrogen (secondary N) is 2. The molecule has 0 aliphatic carbocycles. The Balaban J connectivity index is 1.38. The van der Waals surface area contributed by atoms with Crippen molar-refractivity contribution in [3.8, 4) is 11.5 Å². The maximum Gasteiger partial charge on any atom is 0.268 e. The van der Waals surface area contributed by atoms with Crippen LogP contribution in [0, 0.1) is 5.41 Å². The summed E-state index contributed by atoms with van der Waals surface area (Å²) in [7, 11) is 0. The largest absolute Gasteiger partial charge is 0.493 e. The number of carbonyl (C=O) groups is 1. The molecule has 9 heteroatoms. The average molecular weight is 513 g/mol. The van der Waals surface area contributed by atoms with Crippen molar-refractivity contribution in [2.24, 2.45) is 5.73 Å². The van der Waals surface area contributed by atoms with Gasteiger partial charge in [0, 0.05) is 23.0 Å². The lowest BCUT2D eigenvalue weighted by Gasteiger charge is -2.34. The summed E-state index contributed by atoms with van der Waals surface area (Å²) in [6.45, 7) is 1.24. The third kappa shape index (κ3) is 6.59. The molecule has 1 atom stereocenters. The van der Waals surface area contributed by atoms with E-state index >= 15 is 0 Å². The number of carbonyl (C=O) groups excluding carboxylic acids is 1. The SMILES string of the molecule is N=C(N)NCCc1ccc(OCCC2Oc3ccccc3N(Cc3cc(Cl)cc(Cl)c3)C2=O)cc1. The van der Waals surface area contributed by atoms with E-state index < -0.39 is 6.10 Å². The van der Waals surface area contributed by atoms with Gasteiger partial charge in [-0.2, -0.15) is 0 Å². The summed E-state index contributed by atoms with van der Waals surface area (Å²) >= 11 is 12.3. The van der Waals surface area contributed by atoms with Gasteiger partial charge in [0.15, 0.2) is 12.1 Å². The van der Waals surface area contributed by atoms with Gasteiger partial charge < -0.3 is 25.4 Å². The van der Waals surface area contributed by atoms with Gasteiger partial charge in [-0.25, -0.2) is 0 Å². The molecule has 35 heavy (non-hydrogen) atoms. The molecular weight excluding hydrogens is 487 g/mol. The molecule has 4 N–H and O–H groups in total. The highest BCUT2D eigenvalue weighted by molar-refractivity contribution is 6.34. The maximum atomic E-state index is 13.3. The normalized spacial score (nSPS) is 14.7. The molecule has 4 rings (SSSR count). The number of guanidine groups is 1. The molecule has 1 aliphatic rings. The first-order valence-electron chi connectivity index (χ1n) is 11.2. The van der Waals surface area contributed by atoms with Crippen molar-refractivity contribution in [2.75, 3.05) is 18.1 Å². The summed E-state index contributed by atoms with van der Waals surface area (Å²) in [5.74, 6) is 1.18. The number of para-hydroxylation sites is 2. The van der Waals surface area contributed by atoms with Gasteiger partial charge >= 0.3 is 0 Å². The third-order valence-electron chi connectivity index (χ3n) is 5.53. The third-order valence-corrected chi connectivity index (χ3v) is 5.97. The Kier molecular flexibility index (Phi) is 8.00. The zero-order chi connectivity index (χ0) is 24.8. The number of rotatable bonds is 9. The Bertz CT molecular complexity index is 1180. The van der Waals surface area contributed by atoms with Crippen molar-refractivity contribution in [1.82, 2.24) is 5.32 Å². The van der Waals surface area contributed by atoms with E-state index in [9.17, 15) is 4.79 Å². The van der Waals surface area contributed by atoms with E-state index in [1.807, 2.05) is 48.5 Å². The lowest BCUT2D eigenvalue weighted by Crippen LogP contribution is -2.46. The molecule has 3 aromatic carbocycles. The van der Waals surface area contributed by atoms with Crippen LogP contribution >= 0.6 is 23.2 Å². The summed E-state index contributed by atoms with van der Waals surface area (Å²) in [6, 6.07) is 20.4. The summed E-state index contributed by atoms with van der Waals surface area (Å²) < 4.78 is 11.9. The van der Waals surface area contributed by atoms with Crippen molar-refractivity contribution < 1.29 is 14.3 Å².